The number of aliphatic hydroxyl groups is 1. The highest BCUT2D eigenvalue weighted by Gasteiger charge is 2.48. The lowest BCUT2D eigenvalue weighted by Crippen LogP contribution is -2.29. The van der Waals surface area contributed by atoms with Crippen LogP contribution in [0.25, 0.3) is 5.76 Å². The second-order valence-electron chi connectivity index (χ2n) is 8.53. The third-order valence-corrected chi connectivity index (χ3v) is 6.29. The van der Waals surface area contributed by atoms with E-state index in [9.17, 15) is 14.7 Å². The number of hydrogen-bond donors (Lipinski definition) is 1. The van der Waals surface area contributed by atoms with Crippen molar-refractivity contribution in [2.45, 2.75) is 32.2 Å². The van der Waals surface area contributed by atoms with Crippen LogP contribution in [0, 0.1) is 0 Å². The quantitative estimate of drug-likeness (QED) is 0.237. The normalized spacial score (nSPS) is 18.4. The molecule has 0 unspecified atom stereocenters. The van der Waals surface area contributed by atoms with Crippen molar-refractivity contribution in [2.24, 2.45) is 0 Å². The molecule has 1 aromatic heterocycles. The van der Waals surface area contributed by atoms with Gasteiger partial charge in [0, 0.05) is 26.0 Å². The lowest BCUT2D eigenvalue weighted by Gasteiger charge is -2.23. The molecule has 0 radical (unpaired) electrons. The molecule has 0 spiro atoms. The zero-order chi connectivity index (χ0) is 23.2. The molecule has 4 rings (SSSR count). The average molecular weight is 560 g/mol. The van der Waals surface area contributed by atoms with Gasteiger partial charge in [0.25, 0.3) is 5.78 Å². The van der Waals surface area contributed by atoms with Crippen LogP contribution in [0.4, 0.5) is 5.82 Å². The number of aromatic nitrogens is 1. The largest absolute Gasteiger partial charge is 0.507 e. The van der Waals surface area contributed by atoms with Gasteiger partial charge in [-0.1, -0.05) is 82.1 Å². The lowest BCUT2D eigenvalue weighted by atomic mass is 9.93. The van der Waals surface area contributed by atoms with Crippen molar-refractivity contribution in [3.05, 3.63) is 86.0 Å². The summed E-state index contributed by atoms with van der Waals surface area (Å²) in [5.41, 5.74) is 0.763. The van der Waals surface area contributed by atoms with Gasteiger partial charge in [-0.3, -0.25) is 14.5 Å². The fourth-order valence-corrected chi connectivity index (χ4v) is 4.05. The molecule has 1 amide bonds. The van der Waals surface area contributed by atoms with E-state index in [1.54, 1.807) is 42.5 Å². The summed E-state index contributed by atoms with van der Waals surface area (Å²) in [7, 11) is 0. The Bertz CT molecular complexity index is 1220. The molecular formula is C24H20Br2N2O4. The van der Waals surface area contributed by atoms with Gasteiger partial charge in [0.1, 0.15) is 11.5 Å². The number of anilines is 1. The summed E-state index contributed by atoms with van der Waals surface area (Å²) in [5.74, 6) is -0.994. The third kappa shape index (κ3) is 4.04. The first-order chi connectivity index (χ1) is 15.1. The van der Waals surface area contributed by atoms with Gasteiger partial charge in [-0.25, -0.2) is 0 Å². The number of nitrogens with zero attached hydrogens (tertiary/aromatic N) is 2. The summed E-state index contributed by atoms with van der Waals surface area (Å²) in [6.45, 7) is 5.89. The standard InChI is InChI=1S/C24H20Br2N2O4/c1-24(2,3)17-12-18(27-32-17)28-20(13-4-8-15(25)9-5-13)19(22(30)23(28)31)21(29)14-6-10-16(26)11-7-14/h4-12,20,29H,1-3H3/t20-/m1/s1. The Labute approximate surface area is 202 Å². The Morgan fingerprint density at radius 3 is 2.09 bits per heavy atom. The van der Waals surface area contributed by atoms with Gasteiger partial charge in [0.15, 0.2) is 5.82 Å². The second kappa shape index (κ2) is 8.33. The Hall–Kier alpha value is -2.71. The highest BCUT2D eigenvalue weighted by molar-refractivity contribution is 9.10. The van der Waals surface area contributed by atoms with Gasteiger partial charge in [-0.15, -0.1) is 0 Å². The number of amides is 1. The van der Waals surface area contributed by atoms with E-state index in [4.69, 9.17) is 4.52 Å². The van der Waals surface area contributed by atoms with Crippen LogP contribution in [-0.2, 0) is 15.0 Å². The van der Waals surface area contributed by atoms with Gasteiger partial charge in [0.05, 0.1) is 11.6 Å². The van der Waals surface area contributed by atoms with E-state index in [1.165, 1.54) is 4.90 Å². The minimum Gasteiger partial charge on any atom is -0.507 e. The summed E-state index contributed by atoms with van der Waals surface area (Å²) in [4.78, 5) is 27.6. The van der Waals surface area contributed by atoms with Gasteiger partial charge in [0.2, 0.25) is 0 Å². The predicted molar refractivity (Wildman–Crippen MR) is 128 cm³/mol. The molecule has 1 saturated heterocycles. The van der Waals surface area contributed by atoms with E-state index in [0.29, 0.717) is 16.9 Å². The predicted octanol–water partition coefficient (Wildman–Crippen LogP) is 6.12. The van der Waals surface area contributed by atoms with Crippen molar-refractivity contribution in [1.29, 1.82) is 0 Å². The number of carbonyl (C=O) groups excluding carboxylic acids is 2. The zero-order valence-corrected chi connectivity index (χ0v) is 20.8. The second-order valence-corrected chi connectivity index (χ2v) is 10.4. The first-order valence-electron chi connectivity index (χ1n) is 9.87. The van der Waals surface area contributed by atoms with Crippen LogP contribution in [0.1, 0.15) is 43.7 Å². The average Bonchev–Trinajstić information content (AvgIpc) is 3.32. The number of Topliss-reactive ketones (excluding diaryl/α,β-unsaturated/α-hetero) is 1. The lowest BCUT2D eigenvalue weighted by molar-refractivity contribution is -0.132. The zero-order valence-electron chi connectivity index (χ0n) is 17.6. The van der Waals surface area contributed by atoms with E-state index in [2.05, 4.69) is 37.0 Å². The summed E-state index contributed by atoms with van der Waals surface area (Å²) in [5, 5.41) is 15.2. The smallest absolute Gasteiger partial charge is 0.301 e. The number of aliphatic hydroxyl groups excluding tert-OH is 1. The number of benzene rings is 2. The molecule has 1 aliphatic rings. The van der Waals surface area contributed by atoms with E-state index < -0.39 is 17.7 Å². The fourth-order valence-electron chi connectivity index (χ4n) is 3.53. The Morgan fingerprint density at radius 2 is 1.56 bits per heavy atom. The molecule has 0 aliphatic carbocycles. The first-order valence-corrected chi connectivity index (χ1v) is 11.5. The van der Waals surface area contributed by atoms with Crippen molar-refractivity contribution in [3.63, 3.8) is 0 Å². The molecular weight excluding hydrogens is 540 g/mol. The molecule has 1 fully saturated rings. The van der Waals surface area contributed by atoms with Crippen LogP contribution in [-0.4, -0.2) is 22.0 Å². The molecule has 6 nitrogen and oxygen atoms in total. The molecule has 32 heavy (non-hydrogen) atoms. The van der Waals surface area contributed by atoms with Crippen molar-refractivity contribution >= 4 is 55.1 Å². The fraction of sp³-hybridized carbons (Fsp3) is 0.208. The maximum absolute atomic E-state index is 13.1. The van der Waals surface area contributed by atoms with Crippen LogP contribution < -0.4 is 4.90 Å². The van der Waals surface area contributed by atoms with Crippen LogP contribution in [0.5, 0.6) is 0 Å². The van der Waals surface area contributed by atoms with Crippen LogP contribution in [0.2, 0.25) is 0 Å². The van der Waals surface area contributed by atoms with E-state index in [0.717, 1.165) is 8.95 Å². The summed E-state index contributed by atoms with van der Waals surface area (Å²) >= 11 is 6.77. The monoisotopic (exact) mass is 558 g/mol. The SMILES string of the molecule is CC(C)(C)c1cc(N2C(=O)C(=O)C(=C(O)c3ccc(Br)cc3)[C@H]2c2ccc(Br)cc2)no1. The van der Waals surface area contributed by atoms with Gasteiger partial charge >= 0.3 is 5.91 Å². The van der Waals surface area contributed by atoms with Crippen LogP contribution >= 0.6 is 31.9 Å². The summed E-state index contributed by atoms with van der Waals surface area (Å²) < 4.78 is 7.15. The van der Waals surface area contributed by atoms with Crippen LogP contribution in [0.15, 0.2) is 73.6 Å². The maximum atomic E-state index is 13.1. The molecule has 0 bridgehead atoms. The van der Waals surface area contributed by atoms with Gasteiger partial charge in [-0.2, -0.15) is 0 Å². The molecule has 2 aromatic carbocycles. The number of ketones is 1. The van der Waals surface area contributed by atoms with E-state index in [-0.39, 0.29) is 22.6 Å². The maximum Gasteiger partial charge on any atom is 0.301 e. The van der Waals surface area contributed by atoms with E-state index in [1.807, 2.05) is 32.9 Å². The number of hydrogen-bond acceptors (Lipinski definition) is 5. The topological polar surface area (TPSA) is 83.6 Å². The first kappa shape index (κ1) is 22.5. The minimum absolute atomic E-state index is 0.0000430. The van der Waals surface area contributed by atoms with E-state index >= 15 is 0 Å². The summed E-state index contributed by atoms with van der Waals surface area (Å²) in [6.07, 6.45) is 0. The molecule has 1 N–H and O–H groups in total. The molecule has 8 heteroatoms. The molecule has 2 heterocycles. The Balaban J connectivity index is 1.91. The molecule has 164 valence electrons. The number of halogens is 2. The van der Waals surface area contributed by atoms with Crippen molar-refractivity contribution in [1.82, 2.24) is 5.16 Å². The highest BCUT2D eigenvalue weighted by Crippen LogP contribution is 2.42. The van der Waals surface area contributed by atoms with Gasteiger partial charge in [-0.05, 0) is 29.8 Å². The van der Waals surface area contributed by atoms with Crippen LogP contribution in [0.3, 0.4) is 0 Å². The Kier molecular flexibility index (Phi) is 5.85. The molecule has 1 aliphatic heterocycles. The Morgan fingerprint density at radius 1 is 1.00 bits per heavy atom. The molecule has 0 saturated carbocycles. The molecule has 1 atom stereocenters. The highest BCUT2D eigenvalue weighted by atomic mass is 79.9. The third-order valence-electron chi connectivity index (χ3n) is 5.23. The number of rotatable bonds is 3. The van der Waals surface area contributed by atoms with Crippen molar-refractivity contribution in [2.75, 3.05) is 4.90 Å². The van der Waals surface area contributed by atoms with Crippen molar-refractivity contribution in [3.8, 4) is 0 Å². The molecule has 3 aromatic rings. The van der Waals surface area contributed by atoms with Gasteiger partial charge < -0.3 is 9.63 Å². The minimum atomic E-state index is -0.857. The number of carbonyl (C=O) groups is 2. The van der Waals surface area contributed by atoms with Crippen molar-refractivity contribution < 1.29 is 19.2 Å². The summed E-state index contributed by atoms with van der Waals surface area (Å²) in [6, 6.07) is 14.9.